The average Bonchev–Trinajstić information content (AvgIpc) is 2.39. The van der Waals surface area contributed by atoms with Gasteiger partial charge < -0.3 is 19.7 Å². The third kappa shape index (κ3) is 4.61. The number of piperidine rings is 1. The second kappa shape index (κ2) is 7.63. The molecule has 0 radical (unpaired) electrons. The van der Waals surface area contributed by atoms with E-state index in [1.54, 1.807) is 14.2 Å². The second-order valence-corrected chi connectivity index (χ2v) is 4.43. The summed E-state index contributed by atoms with van der Waals surface area (Å²) >= 11 is 0. The first kappa shape index (κ1) is 14.4. The van der Waals surface area contributed by atoms with Crippen molar-refractivity contribution in [3.8, 4) is 0 Å². The van der Waals surface area contributed by atoms with Crippen LogP contribution in [0.25, 0.3) is 0 Å². The lowest BCUT2D eigenvalue weighted by atomic mass is 10.1. The number of carbonyl (C=O) groups is 1. The van der Waals surface area contributed by atoms with Crippen LogP contribution in [0.2, 0.25) is 0 Å². The van der Waals surface area contributed by atoms with Gasteiger partial charge in [0.2, 0.25) is 0 Å². The van der Waals surface area contributed by atoms with Crippen molar-refractivity contribution >= 4 is 5.97 Å². The van der Waals surface area contributed by atoms with Crippen molar-refractivity contribution in [3.05, 3.63) is 0 Å². The molecule has 1 N–H and O–H groups in total. The van der Waals surface area contributed by atoms with Crippen LogP contribution in [0.4, 0.5) is 0 Å². The van der Waals surface area contributed by atoms with Crippen molar-refractivity contribution < 1.29 is 14.3 Å². The fourth-order valence-electron chi connectivity index (χ4n) is 2.20. The average molecular weight is 244 g/mol. The summed E-state index contributed by atoms with van der Waals surface area (Å²) in [6, 6.07) is -0.194. The second-order valence-electron chi connectivity index (χ2n) is 4.43. The summed E-state index contributed by atoms with van der Waals surface area (Å²) in [6.07, 6.45) is 3.37. The topological polar surface area (TPSA) is 50.8 Å². The van der Waals surface area contributed by atoms with Gasteiger partial charge in [-0.3, -0.25) is 4.79 Å². The Morgan fingerprint density at radius 2 is 2.06 bits per heavy atom. The number of methoxy groups -OCH3 is 2. The molecule has 1 heterocycles. The van der Waals surface area contributed by atoms with Gasteiger partial charge in [-0.15, -0.1) is 0 Å². The Kier molecular flexibility index (Phi) is 6.47. The number of rotatable bonds is 6. The van der Waals surface area contributed by atoms with Gasteiger partial charge >= 0.3 is 5.97 Å². The Bertz CT molecular complexity index is 228. The summed E-state index contributed by atoms with van der Waals surface area (Å²) in [6.45, 7) is 3.03. The van der Waals surface area contributed by atoms with E-state index in [9.17, 15) is 4.79 Å². The quantitative estimate of drug-likeness (QED) is 0.679. The number of likely N-dealkylation sites (N-methyl/N-ethyl adjacent to an activating group) is 1. The molecule has 1 unspecified atom stereocenters. The van der Waals surface area contributed by atoms with Crippen molar-refractivity contribution in [2.75, 3.05) is 40.9 Å². The van der Waals surface area contributed by atoms with Crippen LogP contribution < -0.4 is 5.32 Å². The zero-order chi connectivity index (χ0) is 12.7. The minimum Gasteiger partial charge on any atom is -0.468 e. The van der Waals surface area contributed by atoms with Gasteiger partial charge in [0.1, 0.15) is 6.04 Å². The molecule has 1 atom stereocenters. The molecule has 0 spiro atoms. The molecular weight excluding hydrogens is 220 g/mol. The maximum absolute atomic E-state index is 11.4. The Morgan fingerprint density at radius 3 is 2.53 bits per heavy atom. The van der Waals surface area contributed by atoms with Gasteiger partial charge in [-0.05, 0) is 26.3 Å². The molecule has 0 aromatic carbocycles. The molecule has 1 fully saturated rings. The van der Waals surface area contributed by atoms with Crippen LogP contribution in [0.3, 0.4) is 0 Å². The lowest BCUT2D eigenvalue weighted by molar-refractivity contribution is -0.143. The maximum atomic E-state index is 11.4. The number of likely N-dealkylation sites (tertiary alicyclic amines) is 1. The first-order valence-electron chi connectivity index (χ1n) is 6.21. The minimum absolute atomic E-state index is 0.181. The van der Waals surface area contributed by atoms with Crippen LogP contribution in [0.1, 0.15) is 19.3 Å². The van der Waals surface area contributed by atoms with Crippen LogP contribution in [0.5, 0.6) is 0 Å². The highest BCUT2D eigenvalue weighted by Gasteiger charge is 2.21. The van der Waals surface area contributed by atoms with Crippen molar-refractivity contribution in [2.45, 2.75) is 31.4 Å². The molecule has 0 amide bonds. The van der Waals surface area contributed by atoms with Crippen LogP contribution in [-0.2, 0) is 14.3 Å². The highest BCUT2D eigenvalue weighted by molar-refractivity contribution is 5.75. The smallest absolute Gasteiger partial charge is 0.322 e. The first-order chi connectivity index (χ1) is 8.21. The normalized spacial score (nSPS) is 20.2. The Balaban J connectivity index is 2.24. The van der Waals surface area contributed by atoms with E-state index in [2.05, 4.69) is 10.2 Å². The highest BCUT2D eigenvalue weighted by atomic mass is 16.5. The monoisotopic (exact) mass is 244 g/mol. The molecule has 0 aliphatic carbocycles. The van der Waals surface area contributed by atoms with Gasteiger partial charge in [0, 0.05) is 26.7 Å². The Hall–Kier alpha value is -0.650. The number of esters is 1. The summed E-state index contributed by atoms with van der Waals surface area (Å²) < 4.78 is 10.1. The van der Waals surface area contributed by atoms with Crippen molar-refractivity contribution in [3.63, 3.8) is 0 Å². The number of carbonyl (C=O) groups excluding carboxylic acids is 1. The van der Waals surface area contributed by atoms with E-state index in [0.717, 1.165) is 38.9 Å². The van der Waals surface area contributed by atoms with E-state index in [4.69, 9.17) is 9.47 Å². The molecule has 5 nitrogen and oxygen atoms in total. The molecule has 1 aliphatic rings. The molecule has 0 aromatic rings. The van der Waals surface area contributed by atoms with Gasteiger partial charge in [0.25, 0.3) is 0 Å². The molecule has 1 rings (SSSR count). The number of hydrogen-bond donors (Lipinski definition) is 1. The van der Waals surface area contributed by atoms with Gasteiger partial charge in [0.05, 0.1) is 13.2 Å². The molecule has 0 bridgehead atoms. The molecule has 1 aliphatic heterocycles. The summed E-state index contributed by atoms with van der Waals surface area (Å²) in [5.41, 5.74) is 0. The standard InChI is InChI=1S/C12H24N2O3/c1-13-11(12(15)17-3)6-9-14-7-4-10(16-2)5-8-14/h10-11,13H,4-9H2,1-3H3. The van der Waals surface area contributed by atoms with E-state index >= 15 is 0 Å². The lowest BCUT2D eigenvalue weighted by Crippen LogP contribution is -2.42. The van der Waals surface area contributed by atoms with E-state index in [1.807, 2.05) is 0 Å². The summed E-state index contributed by atoms with van der Waals surface area (Å²) in [7, 11) is 4.99. The van der Waals surface area contributed by atoms with Gasteiger partial charge in [-0.1, -0.05) is 0 Å². The summed E-state index contributed by atoms with van der Waals surface area (Å²) in [5, 5.41) is 2.99. The first-order valence-corrected chi connectivity index (χ1v) is 6.21. The molecule has 100 valence electrons. The fourth-order valence-corrected chi connectivity index (χ4v) is 2.20. The van der Waals surface area contributed by atoms with Crippen molar-refractivity contribution in [1.82, 2.24) is 10.2 Å². The SMILES string of the molecule is CNC(CCN1CCC(OC)CC1)C(=O)OC. The number of ether oxygens (including phenoxy) is 2. The van der Waals surface area contributed by atoms with E-state index in [-0.39, 0.29) is 12.0 Å². The van der Waals surface area contributed by atoms with Crippen LogP contribution in [-0.4, -0.2) is 63.9 Å². The number of nitrogens with zero attached hydrogens (tertiary/aromatic N) is 1. The maximum Gasteiger partial charge on any atom is 0.322 e. The summed E-state index contributed by atoms with van der Waals surface area (Å²) in [5.74, 6) is -0.181. The predicted molar refractivity (Wildman–Crippen MR) is 66.0 cm³/mol. The summed E-state index contributed by atoms with van der Waals surface area (Å²) in [4.78, 5) is 13.8. The molecule has 17 heavy (non-hydrogen) atoms. The molecular formula is C12H24N2O3. The van der Waals surface area contributed by atoms with E-state index < -0.39 is 0 Å². The van der Waals surface area contributed by atoms with Crippen LogP contribution in [0.15, 0.2) is 0 Å². The van der Waals surface area contributed by atoms with Crippen molar-refractivity contribution in [1.29, 1.82) is 0 Å². The fraction of sp³-hybridized carbons (Fsp3) is 0.917. The third-order valence-corrected chi connectivity index (χ3v) is 3.44. The zero-order valence-corrected chi connectivity index (χ0v) is 11.1. The molecule has 5 heteroatoms. The minimum atomic E-state index is -0.194. The Morgan fingerprint density at radius 1 is 1.41 bits per heavy atom. The van der Waals surface area contributed by atoms with Crippen molar-refractivity contribution in [2.24, 2.45) is 0 Å². The van der Waals surface area contributed by atoms with Crippen LogP contribution in [0, 0.1) is 0 Å². The third-order valence-electron chi connectivity index (χ3n) is 3.44. The largest absolute Gasteiger partial charge is 0.468 e. The van der Waals surface area contributed by atoms with E-state index in [0.29, 0.717) is 6.10 Å². The van der Waals surface area contributed by atoms with Gasteiger partial charge in [-0.2, -0.15) is 0 Å². The zero-order valence-electron chi connectivity index (χ0n) is 11.1. The predicted octanol–water partition coefficient (Wildman–Crippen LogP) is 0.248. The van der Waals surface area contributed by atoms with E-state index in [1.165, 1.54) is 7.11 Å². The lowest BCUT2D eigenvalue weighted by Gasteiger charge is -2.31. The van der Waals surface area contributed by atoms with Crippen LogP contribution >= 0.6 is 0 Å². The molecule has 0 aromatic heterocycles. The van der Waals surface area contributed by atoms with Gasteiger partial charge in [0.15, 0.2) is 0 Å². The molecule has 0 saturated carbocycles. The molecule has 1 saturated heterocycles. The van der Waals surface area contributed by atoms with Gasteiger partial charge in [-0.25, -0.2) is 0 Å². The highest BCUT2D eigenvalue weighted by Crippen LogP contribution is 2.13. The Labute approximate surface area is 103 Å². The number of hydrogen-bond acceptors (Lipinski definition) is 5. The number of nitrogens with one attached hydrogen (secondary N) is 1.